The Morgan fingerprint density at radius 3 is 3.15 bits per heavy atom. The van der Waals surface area contributed by atoms with Crippen LogP contribution in [0.1, 0.15) is 35.0 Å². The Kier molecular flexibility index (Phi) is 1.87. The van der Waals surface area contributed by atoms with Crippen molar-refractivity contribution in [2.75, 3.05) is 0 Å². The van der Waals surface area contributed by atoms with Crippen LogP contribution < -0.4 is 0 Å². The Hall–Kier alpha value is -1.25. The van der Waals surface area contributed by atoms with Gasteiger partial charge in [0, 0.05) is 6.20 Å². The fraction of sp³-hybridized carbons (Fsp3) is 0.500. The van der Waals surface area contributed by atoms with E-state index >= 15 is 0 Å². The van der Waals surface area contributed by atoms with Crippen LogP contribution in [0.15, 0.2) is 6.20 Å². The number of H-pyrrole nitrogens is 1. The summed E-state index contributed by atoms with van der Waals surface area (Å²) < 4.78 is 0. The van der Waals surface area contributed by atoms with Gasteiger partial charge in [0.1, 0.15) is 5.69 Å². The molecular formula is C10H13NO2. The summed E-state index contributed by atoms with van der Waals surface area (Å²) in [5, 5.41) is 8.88. The Labute approximate surface area is 76.8 Å². The molecule has 0 radical (unpaired) electrons. The van der Waals surface area contributed by atoms with Gasteiger partial charge < -0.3 is 10.1 Å². The number of aromatic carboxylic acids is 1. The molecular weight excluding hydrogens is 166 g/mol. The van der Waals surface area contributed by atoms with E-state index in [0.29, 0.717) is 11.6 Å². The molecule has 0 amide bonds. The average Bonchev–Trinajstić information content (AvgIpc) is 2.46. The molecule has 13 heavy (non-hydrogen) atoms. The van der Waals surface area contributed by atoms with E-state index in [1.54, 1.807) is 0 Å². The van der Waals surface area contributed by atoms with Gasteiger partial charge in [-0.05, 0) is 36.3 Å². The van der Waals surface area contributed by atoms with Gasteiger partial charge >= 0.3 is 5.97 Å². The third-order valence-electron chi connectivity index (χ3n) is 2.75. The number of hydrogen-bond donors (Lipinski definition) is 2. The number of carbonyl (C=O) groups is 1. The summed E-state index contributed by atoms with van der Waals surface area (Å²) in [5.74, 6) is -0.225. The second kappa shape index (κ2) is 2.91. The zero-order valence-electron chi connectivity index (χ0n) is 7.63. The maximum Gasteiger partial charge on any atom is 0.352 e. The van der Waals surface area contributed by atoms with Gasteiger partial charge in [0.2, 0.25) is 0 Å². The molecule has 1 heterocycles. The van der Waals surface area contributed by atoms with E-state index < -0.39 is 5.97 Å². The topological polar surface area (TPSA) is 53.1 Å². The van der Waals surface area contributed by atoms with Crippen LogP contribution in [0.25, 0.3) is 0 Å². The summed E-state index contributed by atoms with van der Waals surface area (Å²) in [4.78, 5) is 13.6. The largest absolute Gasteiger partial charge is 0.477 e. The van der Waals surface area contributed by atoms with E-state index in [-0.39, 0.29) is 0 Å². The van der Waals surface area contributed by atoms with Crippen molar-refractivity contribution >= 4 is 5.97 Å². The van der Waals surface area contributed by atoms with Gasteiger partial charge in [0.25, 0.3) is 0 Å². The van der Waals surface area contributed by atoms with Crippen molar-refractivity contribution in [2.24, 2.45) is 5.92 Å². The maximum atomic E-state index is 10.8. The lowest BCUT2D eigenvalue weighted by atomic mass is 9.86. The van der Waals surface area contributed by atoms with Crippen molar-refractivity contribution in [1.82, 2.24) is 4.98 Å². The van der Waals surface area contributed by atoms with E-state index in [1.807, 2.05) is 6.20 Å². The van der Waals surface area contributed by atoms with Gasteiger partial charge in [-0.15, -0.1) is 0 Å². The SMILES string of the molecule is C[C@@H]1CCc2c[nH]c(C(=O)O)c2C1. The highest BCUT2D eigenvalue weighted by molar-refractivity contribution is 5.87. The van der Waals surface area contributed by atoms with Crippen LogP contribution in [-0.2, 0) is 12.8 Å². The van der Waals surface area contributed by atoms with Crippen molar-refractivity contribution < 1.29 is 9.90 Å². The number of hydrogen-bond acceptors (Lipinski definition) is 1. The molecule has 2 rings (SSSR count). The molecule has 1 aromatic heterocycles. The number of aromatic nitrogens is 1. The first-order valence-corrected chi connectivity index (χ1v) is 4.61. The Morgan fingerprint density at radius 2 is 2.46 bits per heavy atom. The lowest BCUT2D eigenvalue weighted by molar-refractivity contribution is 0.0689. The van der Waals surface area contributed by atoms with Crippen LogP contribution in [0.4, 0.5) is 0 Å². The molecule has 0 aromatic carbocycles. The van der Waals surface area contributed by atoms with E-state index in [4.69, 9.17) is 5.11 Å². The molecule has 0 spiro atoms. The standard InChI is InChI=1S/C10H13NO2/c1-6-2-3-7-5-11-9(10(12)13)8(7)4-6/h5-6,11H,2-4H2,1H3,(H,12,13)/t6-/m1/s1. The third-order valence-corrected chi connectivity index (χ3v) is 2.75. The number of nitrogens with one attached hydrogen (secondary N) is 1. The van der Waals surface area contributed by atoms with Crippen LogP contribution in [0.3, 0.4) is 0 Å². The first-order chi connectivity index (χ1) is 6.18. The number of carboxylic acids is 1. The van der Waals surface area contributed by atoms with Gasteiger partial charge in [-0.3, -0.25) is 0 Å². The van der Waals surface area contributed by atoms with E-state index in [1.165, 1.54) is 12.0 Å². The molecule has 70 valence electrons. The molecule has 3 heteroatoms. The Balaban J connectivity index is 2.41. The third kappa shape index (κ3) is 1.34. The Morgan fingerprint density at radius 1 is 1.69 bits per heavy atom. The maximum absolute atomic E-state index is 10.8. The minimum atomic E-state index is -0.838. The highest BCUT2D eigenvalue weighted by atomic mass is 16.4. The fourth-order valence-corrected chi connectivity index (χ4v) is 1.99. The number of carboxylic acid groups (broad SMARTS) is 1. The van der Waals surface area contributed by atoms with Crippen LogP contribution in [0.5, 0.6) is 0 Å². The summed E-state index contributed by atoms with van der Waals surface area (Å²) in [6.07, 6.45) is 4.93. The van der Waals surface area contributed by atoms with Crippen molar-refractivity contribution in [2.45, 2.75) is 26.2 Å². The van der Waals surface area contributed by atoms with Gasteiger partial charge in [-0.2, -0.15) is 0 Å². The number of rotatable bonds is 1. The normalized spacial score (nSPS) is 21.2. The van der Waals surface area contributed by atoms with Gasteiger partial charge in [-0.1, -0.05) is 6.92 Å². The zero-order chi connectivity index (χ0) is 9.42. The second-order valence-corrected chi connectivity index (χ2v) is 3.82. The Bertz CT molecular complexity index is 341. The summed E-state index contributed by atoms with van der Waals surface area (Å²) in [6.45, 7) is 2.17. The molecule has 1 atom stereocenters. The number of aromatic amines is 1. The highest BCUT2D eigenvalue weighted by Crippen LogP contribution is 2.27. The molecule has 0 saturated carbocycles. The van der Waals surface area contributed by atoms with Gasteiger partial charge in [0.15, 0.2) is 0 Å². The van der Waals surface area contributed by atoms with Gasteiger partial charge in [0.05, 0.1) is 0 Å². The van der Waals surface area contributed by atoms with Crippen LogP contribution in [0, 0.1) is 5.92 Å². The van der Waals surface area contributed by atoms with E-state index in [0.717, 1.165) is 18.4 Å². The van der Waals surface area contributed by atoms with Crippen LogP contribution in [-0.4, -0.2) is 16.1 Å². The van der Waals surface area contributed by atoms with Crippen molar-refractivity contribution in [3.63, 3.8) is 0 Å². The number of aryl methyl sites for hydroxylation is 1. The highest BCUT2D eigenvalue weighted by Gasteiger charge is 2.22. The van der Waals surface area contributed by atoms with Crippen molar-refractivity contribution in [1.29, 1.82) is 0 Å². The molecule has 1 aromatic rings. The molecule has 0 aliphatic heterocycles. The van der Waals surface area contributed by atoms with E-state index in [9.17, 15) is 4.79 Å². The zero-order valence-corrected chi connectivity index (χ0v) is 7.63. The molecule has 0 fully saturated rings. The van der Waals surface area contributed by atoms with Crippen molar-refractivity contribution in [3.05, 3.63) is 23.0 Å². The predicted molar refractivity (Wildman–Crippen MR) is 48.9 cm³/mol. The quantitative estimate of drug-likeness (QED) is 0.691. The first-order valence-electron chi connectivity index (χ1n) is 4.61. The predicted octanol–water partition coefficient (Wildman–Crippen LogP) is 1.84. The summed E-state index contributed by atoms with van der Waals surface area (Å²) in [7, 11) is 0. The van der Waals surface area contributed by atoms with Gasteiger partial charge in [-0.25, -0.2) is 4.79 Å². The lowest BCUT2D eigenvalue weighted by Crippen LogP contribution is -2.12. The molecule has 3 nitrogen and oxygen atoms in total. The van der Waals surface area contributed by atoms with Crippen LogP contribution in [0.2, 0.25) is 0 Å². The number of fused-ring (bicyclic) bond motifs is 1. The smallest absolute Gasteiger partial charge is 0.352 e. The van der Waals surface area contributed by atoms with E-state index in [2.05, 4.69) is 11.9 Å². The molecule has 1 aliphatic rings. The van der Waals surface area contributed by atoms with Crippen LogP contribution >= 0.6 is 0 Å². The molecule has 0 unspecified atom stereocenters. The first kappa shape index (κ1) is 8.35. The summed E-state index contributed by atoms with van der Waals surface area (Å²) in [5.41, 5.74) is 2.60. The lowest BCUT2D eigenvalue weighted by Gasteiger charge is -2.18. The molecule has 0 saturated heterocycles. The van der Waals surface area contributed by atoms with Crippen molar-refractivity contribution in [3.8, 4) is 0 Å². The average molecular weight is 179 g/mol. The summed E-state index contributed by atoms with van der Waals surface area (Å²) in [6, 6.07) is 0. The monoisotopic (exact) mass is 179 g/mol. The molecule has 2 N–H and O–H groups in total. The molecule has 0 bridgehead atoms. The minimum absolute atomic E-state index is 0.390. The summed E-state index contributed by atoms with van der Waals surface area (Å²) >= 11 is 0. The molecule has 1 aliphatic carbocycles. The minimum Gasteiger partial charge on any atom is -0.477 e. The second-order valence-electron chi connectivity index (χ2n) is 3.82. The fourth-order valence-electron chi connectivity index (χ4n) is 1.99.